The van der Waals surface area contributed by atoms with Gasteiger partial charge in [0.05, 0.1) is 0 Å². The lowest BCUT2D eigenvalue weighted by atomic mass is 10.0. The van der Waals surface area contributed by atoms with Gasteiger partial charge in [0.15, 0.2) is 0 Å². The SMILES string of the molecule is Cc1ccc(C2CN(c3cccc(C(=O)c4cccnc4C)n3)CCN2)cc1.[HH]. The van der Waals surface area contributed by atoms with Crippen molar-refractivity contribution in [1.82, 2.24) is 15.3 Å². The summed E-state index contributed by atoms with van der Waals surface area (Å²) in [5.41, 5.74) is 4.31. The number of benzene rings is 1. The normalized spacial score (nSPS) is 16.8. The average Bonchev–Trinajstić information content (AvgIpc) is 2.74. The highest BCUT2D eigenvalue weighted by atomic mass is 16.1. The third kappa shape index (κ3) is 3.80. The fourth-order valence-electron chi connectivity index (χ4n) is 3.57. The van der Waals surface area contributed by atoms with E-state index >= 15 is 0 Å². The molecule has 0 saturated carbocycles. The van der Waals surface area contributed by atoms with Crippen LogP contribution in [0.1, 0.15) is 40.3 Å². The monoisotopic (exact) mass is 374 g/mol. The van der Waals surface area contributed by atoms with Gasteiger partial charge in [-0.15, -0.1) is 0 Å². The number of nitrogens with zero attached hydrogens (tertiary/aromatic N) is 3. The molecule has 28 heavy (non-hydrogen) atoms. The molecule has 0 amide bonds. The molecular weight excluding hydrogens is 348 g/mol. The number of hydrogen-bond donors (Lipinski definition) is 1. The topological polar surface area (TPSA) is 58.1 Å². The van der Waals surface area contributed by atoms with Crippen molar-refractivity contribution in [3.63, 3.8) is 0 Å². The molecule has 0 spiro atoms. The van der Waals surface area contributed by atoms with Gasteiger partial charge in [-0.3, -0.25) is 9.78 Å². The number of carbonyl (C=O) groups excluding carboxylic acids is 1. The fraction of sp³-hybridized carbons (Fsp3) is 0.261. The molecule has 4 rings (SSSR count). The Hall–Kier alpha value is -3.05. The third-order valence-electron chi connectivity index (χ3n) is 5.20. The van der Waals surface area contributed by atoms with Crippen molar-refractivity contribution >= 4 is 11.6 Å². The first kappa shape index (κ1) is 18.3. The molecule has 1 unspecified atom stereocenters. The van der Waals surface area contributed by atoms with Crippen LogP contribution in [-0.4, -0.2) is 35.4 Å². The second kappa shape index (κ2) is 7.90. The summed E-state index contributed by atoms with van der Waals surface area (Å²) < 4.78 is 0. The first-order valence-corrected chi connectivity index (χ1v) is 9.60. The van der Waals surface area contributed by atoms with Gasteiger partial charge in [-0.05, 0) is 43.7 Å². The molecule has 0 aliphatic carbocycles. The molecule has 1 atom stereocenters. The van der Waals surface area contributed by atoms with Crippen LogP contribution in [0.4, 0.5) is 5.82 Å². The molecule has 3 heterocycles. The first-order chi connectivity index (χ1) is 13.6. The van der Waals surface area contributed by atoms with Crippen molar-refractivity contribution in [2.24, 2.45) is 0 Å². The van der Waals surface area contributed by atoms with Crippen LogP contribution in [0.5, 0.6) is 0 Å². The number of ketones is 1. The second-order valence-corrected chi connectivity index (χ2v) is 7.21. The van der Waals surface area contributed by atoms with Crippen molar-refractivity contribution in [3.05, 3.63) is 88.9 Å². The summed E-state index contributed by atoms with van der Waals surface area (Å²) in [6, 6.07) is 18.1. The maximum atomic E-state index is 12.9. The zero-order valence-corrected chi connectivity index (χ0v) is 16.2. The van der Waals surface area contributed by atoms with E-state index < -0.39 is 0 Å². The number of pyridine rings is 2. The zero-order chi connectivity index (χ0) is 19.5. The first-order valence-electron chi connectivity index (χ1n) is 9.60. The minimum Gasteiger partial charge on any atom is -0.353 e. The molecule has 5 heteroatoms. The van der Waals surface area contributed by atoms with E-state index in [4.69, 9.17) is 0 Å². The van der Waals surface area contributed by atoms with Crippen molar-refractivity contribution < 1.29 is 6.22 Å². The lowest BCUT2D eigenvalue weighted by molar-refractivity contribution is 0.103. The Morgan fingerprint density at radius 3 is 2.71 bits per heavy atom. The van der Waals surface area contributed by atoms with Gasteiger partial charge in [0.1, 0.15) is 11.5 Å². The Morgan fingerprint density at radius 2 is 1.93 bits per heavy atom. The Kier molecular flexibility index (Phi) is 5.17. The van der Waals surface area contributed by atoms with Crippen LogP contribution in [-0.2, 0) is 0 Å². The number of rotatable bonds is 4. The van der Waals surface area contributed by atoms with Crippen LogP contribution >= 0.6 is 0 Å². The van der Waals surface area contributed by atoms with E-state index in [-0.39, 0.29) is 13.3 Å². The van der Waals surface area contributed by atoms with E-state index in [9.17, 15) is 4.79 Å². The number of nitrogens with one attached hydrogen (secondary N) is 1. The molecule has 1 N–H and O–H groups in total. The fourth-order valence-corrected chi connectivity index (χ4v) is 3.57. The van der Waals surface area contributed by atoms with Crippen LogP contribution in [0, 0.1) is 13.8 Å². The number of carbonyl (C=O) groups is 1. The molecule has 1 aromatic carbocycles. The molecule has 1 aliphatic heterocycles. The molecule has 3 aromatic rings. The lowest BCUT2D eigenvalue weighted by Crippen LogP contribution is -2.46. The molecule has 0 radical (unpaired) electrons. The maximum absolute atomic E-state index is 12.9. The highest BCUT2D eigenvalue weighted by Crippen LogP contribution is 2.22. The van der Waals surface area contributed by atoms with E-state index in [0.29, 0.717) is 11.3 Å². The minimum atomic E-state index is -0.0855. The van der Waals surface area contributed by atoms with Gasteiger partial charge in [0, 0.05) is 44.6 Å². The van der Waals surface area contributed by atoms with Crippen LogP contribution in [0.2, 0.25) is 0 Å². The van der Waals surface area contributed by atoms with Gasteiger partial charge in [0.25, 0.3) is 0 Å². The van der Waals surface area contributed by atoms with Crippen molar-refractivity contribution in [2.75, 3.05) is 24.5 Å². The predicted octanol–water partition coefficient (Wildman–Crippen LogP) is 3.72. The van der Waals surface area contributed by atoms with E-state index in [1.807, 2.05) is 19.1 Å². The summed E-state index contributed by atoms with van der Waals surface area (Å²) >= 11 is 0. The number of hydrogen-bond acceptors (Lipinski definition) is 5. The van der Waals surface area contributed by atoms with E-state index in [1.165, 1.54) is 11.1 Å². The summed E-state index contributed by atoms with van der Waals surface area (Å²) in [6.07, 6.45) is 1.70. The van der Waals surface area contributed by atoms with Crippen LogP contribution in [0.25, 0.3) is 0 Å². The smallest absolute Gasteiger partial charge is 0.213 e. The quantitative estimate of drug-likeness (QED) is 0.706. The summed E-state index contributed by atoms with van der Waals surface area (Å²) in [4.78, 5) is 24.0. The maximum Gasteiger partial charge on any atom is 0.213 e. The van der Waals surface area contributed by atoms with Gasteiger partial charge in [-0.25, -0.2) is 4.98 Å². The molecule has 5 nitrogen and oxygen atoms in total. The van der Waals surface area contributed by atoms with Gasteiger partial charge < -0.3 is 10.2 Å². The lowest BCUT2D eigenvalue weighted by Gasteiger charge is -2.35. The van der Waals surface area contributed by atoms with Gasteiger partial charge in [-0.1, -0.05) is 35.9 Å². The van der Waals surface area contributed by atoms with Gasteiger partial charge in [0.2, 0.25) is 5.78 Å². The van der Waals surface area contributed by atoms with Crippen molar-refractivity contribution in [3.8, 4) is 0 Å². The van der Waals surface area contributed by atoms with Crippen molar-refractivity contribution in [2.45, 2.75) is 19.9 Å². The largest absolute Gasteiger partial charge is 0.353 e. The highest BCUT2D eigenvalue weighted by molar-refractivity contribution is 6.08. The molecule has 1 fully saturated rings. The summed E-state index contributed by atoms with van der Waals surface area (Å²) in [5, 5.41) is 3.58. The van der Waals surface area contributed by atoms with E-state index in [0.717, 1.165) is 31.1 Å². The van der Waals surface area contributed by atoms with E-state index in [1.54, 1.807) is 24.4 Å². The average molecular weight is 374 g/mol. The Morgan fingerprint density at radius 1 is 1.11 bits per heavy atom. The zero-order valence-electron chi connectivity index (χ0n) is 16.2. The Labute approximate surface area is 166 Å². The van der Waals surface area contributed by atoms with Crippen molar-refractivity contribution in [1.29, 1.82) is 0 Å². The number of aromatic nitrogens is 2. The van der Waals surface area contributed by atoms with Gasteiger partial charge in [-0.2, -0.15) is 0 Å². The van der Waals surface area contributed by atoms with Gasteiger partial charge >= 0.3 is 0 Å². The summed E-state index contributed by atoms with van der Waals surface area (Å²) in [7, 11) is 0. The van der Waals surface area contributed by atoms with Crippen LogP contribution < -0.4 is 10.2 Å². The molecule has 0 bridgehead atoms. The second-order valence-electron chi connectivity index (χ2n) is 7.21. The third-order valence-corrected chi connectivity index (χ3v) is 5.20. The molecule has 2 aromatic heterocycles. The molecule has 1 aliphatic rings. The predicted molar refractivity (Wildman–Crippen MR) is 113 cm³/mol. The number of aryl methyl sites for hydroxylation is 2. The molecule has 1 saturated heterocycles. The Bertz CT molecular complexity index is 990. The van der Waals surface area contributed by atoms with Crippen LogP contribution in [0.15, 0.2) is 60.8 Å². The standard InChI is InChI=1S/C23H24N4O.H2/c1-16-8-10-18(11-9-16)21-15-27(14-13-25-21)22-7-3-6-20(26-22)23(28)19-5-4-12-24-17(19)2;/h3-12,21,25H,13-15H2,1-2H3;1H. The summed E-state index contributed by atoms with van der Waals surface area (Å²) in [6.45, 7) is 6.50. The van der Waals surface area contributed by atoms with Crippen LogP contribution in [0.3, 0.4) is 0 Å². The molecular formula is C23H26N4O. The molecule has 144 valence electrons. The summed E-state index contributed by atoms with van der Waals surface area (Å²) in [5.74, 6) is 0.753. The minimum absolute atomic E-state index is 0. The van der Waals surface area contributed by atoms with E-state index in [2.05, 4.69) is 51.4 Å². The number of anilines is 1. The highest BCUT2D eigenvalue weighted by Gasteiger charge is 2.23. The number of piperazine rings is 1. The Balaban J connectivity index is 0.00000240.